The Hall–Kier alpha value is -2.49. The predicted molar refractivity (Wildman–Crippen MR) is 96.7 cm³/mol. The van der Waals surface area contributed by atoms with Gasteiger partial charge in [-0.05, 0) is 54.4 Å². The second-order valence-electron chi connectivity index (χ2n) is 6.40. The van der Waals surface area contributed by atoms with E-state index in [-0.39, 0.29) is 18.7 Å². The Kier molecular flexibility index (Phi) is 6.30. The molecule has 0 aromatic carbocycles. The maximum absolute atomic E-state index is 13.1. The number of nitrogens with one attached hydrogen (secondary N) is 1. The van der Waals surface area contributed by atoms with Crippen LogP contribution in [0.5, 0.6) is 0 Å². The zero-order chi connectivity index (χ0) is 19.3. The fraction of sp³-hybridized carbons (Fsp3) is 0.375. The number of carbonyl (C=O) groups is 1. The quantitative estimate of drug-likeness (QED) is 0.791. The zero-order valence-electron chi connectivity index (χ0n) is 14.6. The number of rotatable bonds is 5. The van der Waals surface area contributed by atoms with E-state index in [4.69, 9.17) is 4.74 Å². The first-order valence-electron chi connectivity index (χ1n) is 7.71. The third-order valence-electron chi connectivity index (χ3n) is 3.06. The molecule has 2 aromatic rings. The summed E-state index contributed by atoms with van der Waals surface area (Å²) in [5.74, 6) is 0.391. The van der Waals surface area contributed by atoms with Crippen molar-refractivity contribution in [2.45, 2.75) is 32.9 Å². The maximum Gasteiger partial charge on any atom is 0.407 e. The smallest absolute Gasteiger partial charge is 0.407 e. The summed E-state index contributed by atoms with van der Waals surface area (Å²) in [7, 11) is 0. The van der Waals surface area contributed by atoms with Crippen molar-refractivity contribution < 1.29 is 13.9 Å². The van der Waals surface area contributed by atoms with E-state index in [0.29, 0.717) is 12.1 Å². The van der Waals surface area contributed by atoms with E-state index in [2.05, 4.69) is 31.3 Å². The van der Waals surface area contributed by atoms with E-state index in [1.54, 1.807) is 39.1 Å². The van der Waals surface area contributed by atoms with Gasteiger partial charge in [0.05, 0.1) is 12.9 Å². The monoisotopic (exact) mass is 427 g/mol. The SMILES string of the molecule is CC(C)(C)OC(=O)NC/C(=C\F)Cn1ncn(-c2ccc(Br)cn2)c1=O. The van der Waals surface area contributed by atoms with Crippen molar-refractivity contribution in [2.75, 3.05) is 6.54 Å². The van der Waals surface area contributed by atoms with Crippen molar-refractivity contribution in [1.82, 2.24) is 24.6 Å². The van der Waals surface area contributed by atoms with E-state index in [1.807, 2.05) is 0 Å². The molecule has 2 rings (SSSR count). The van der Waals surface area contributed by atoms with E-state index in [9.17, 15) is 14.0 Å². The van der Waals surface area contributed by atoms with E-state index < -0.39 is 17.4 Å². The second kappa shape index (κ2) is 8.26. The summed E-state index contributed by atoms with van der Waals surface area (Å²) in [5, 5.41) is 6.39. The standard InChI is InChI=1S/C16H19BrFN5O3/c1-16(2,3)26-14(24)20-7-11(6-18)9-23-15(25)22(10-21-23)13-5-4-12(17)8-19-13/h4-6,8,10H,7,9H2,1-3H3,(H,20,24)/b11-6+. The summed E-state index contributed by atoms with van der Waals surface area (Å²) in [5.41, 5.74) is -0.972. The van der Waals surface area contributed by atoms with Crippen molar-refractivity contribution in [3.05, 3.63) is 51.5 Å². The number of nitrogens with zero attached hydrogens (tertiary/aromatic N) is 4. The summed E-state index contributed by atoms with van der Waals surface area (Å²) in [6.45, 7) is 4.94. The van der Waals surface area contributed by atoms with Crippen LogP contribution in [0.4, 0.5) is 9.18 Å². The minimum atomic E-state index is -0.672. The number of alkyl carbamates (subject to hydrolysis) is 1. The molecule has 1 N–H and O–H groups in total. The molecule has 2 aromatic heterocycles. The number of amides is 1. The number of halogens is 2. The van der Waals surface area contributed by atoms with Gasteiger partial charge >= 0.3 is 11.8 Å². The fourth-order valence-corrected chi connectivity index (χ4v) is 2.17. The largest absolute Gasteiger partial charge is 0.444 e. The van der Waals surface area contributed by atoms with Crippen LogP contribution in [0.2, 0.25) is 0 Å². The van der Waals surface area contributed by atoms with Crippen LogP contribution in [0, 0.1) is 0 Å². The first-order valence-corrected chi connectivity index (χ1v) is 8.50. The molecule has 26 heavy (non-hydrogen) atoms. The molecule has 0 saturated heterocycles. The third-order valence-corrected chi connectivity index (χ3v) is 3.53. The summed E-state index contributed by atoms with van der Waals surface area (Å²) in [4.78, 5) is 28.1. The molecular weight excluding hydrogens is 409 g/mol. The Morgan fingerprint density at radius 2 is 2.15 bits per heavy atom. The van der Waals surface area contributed by atoms with E-state index in [0.717, 1.165) is 9.15 Å². The van der Waals surface area contributed by atoms with Crippen molar-refractivity contribution in [1.29, 1.82) is 0 Å². The fourth-order valence-electron chi connectivity index (χ4n) is 1.93. The van der Waals surface area contributed by atoms with Crippen LogP contribution >= 0.6 is 15.9 Å². The Morgan fingerprint density at radius 3 is 2.73 bits per heavy atom. The van der Waals surface area contributed by atoms with Crippen LogP contribution in [0.15, 0.2) is 45.8 Å². The number of hydrogen-bond acceptors (Lipinski definition) is 5. The molecule has 0 radical (unpaired) electrons. The van der Waals surface area contributed by atoms with Gasteiger partial charge < -0.3 is 10.1 Å². The molecule has 1 amide bonds. The molecule has 0 spiro atoms. The van der Waals surface area contributed by atoms with Gasteiger partial charge in [0.1, 0.15) is 17.7 Å². The Morgan fingerprint density at radius 1 is 1.42 bits per heavy atom. The maximum atomic E-state index is 13.1. The van der Waals surface area contributed by atoms with Gasteiger partial charge in [-0.2, -0.15) is 5.10 Å². The molecule has 0 atom stereocenters. The van der Waals surface area contributed by atoms with E-state index in [1.165, 1.54) is 10.9 Å². The highest BCUT2D eigenvalue weighted by Crippen LogP contribution is 2.09. The van der Waals surface area contributed by atoms with Crippen molar-refractivity contribution >= 4 is 22.0 Å². The molecule has 2 heterocycles. The van der Waals surface area contributed by atoms with Crippen molar-refractivity contribution in [3.8, 4) is 5.82 Å². The molecule has 0 aliphatic heterocycles. The minimum Gasteiger partial charge on any atom is -0.444 e. The Bertz CT molecular complexity index is 852. The van der Waals surface area contributed by atoms with Gasteiger partial charge in [0.2, 0.25) is 0 Å². The van der Waals surface area contributed by atoms with Gasteiger partial charge in [-0.3, -0.25) is 0 Å². The van der Waals surface area contributed by atoms with Crippen LogP contribution in [-0.2, 0) is 11.3 Å². The lowest BCUT2D eigenvalue weighted by molar-refractivity contribution is 0.0532. The minimum absolute atomic E-state index is 0.110. The van der Waals surface area contributed by atoms with Crippen LogP contribution < -0.4 is 11.0 Å². The molecule has 0 aliphatic carbocycles. The van der Waals surface area contributed by atoms with Crippen LogP contribution in [0.1, 0.15) is 20.8 Å². The third kappa shape index (κ3) is 5.51. The van der Waals surface area contributed by atoms with Gasteiger partial charge in [-0.25, -0.2) is 28.2 Å². The summed E-state index contributed by atoms with van der Waals surface area (Å²) >= 11 is 3.27. The highest BCUT2D eigenvalue weighted by molar-refractivity contribution is 9.10. The molecule has 0 aliphatic rings. The van der Waals surface area contributed by atoms with Crippen LogP contribution in [-0.4, -0.2) is 37.6 Å². The first kappa shape index (κ1) is 19.8. The normalized spacial score (nSPS) is 12.1. The zero-order valence-corrected chi connectivity index (χ0v) is 16.2. The number of aromatic nitrogens is 4. The summed E-state index contributed by atoms with van der Waals surface area (Å²) < 4.78 is 21.3. The van der Waals surface area contributed by atoms with Gasteiger partial charge in [0, 0.05) is 17.2 Å². The van der Waals surface area contributed by atoms with Gasteiger partial charge in [0.15, 0.2) is 0 Å². The van der Waals surface area contributed by atoms with Gasteiger partial charge in [-0.15, -0.1) is 0 Å². The average molecular weight is 428 g/mol. The molecule has 0 unspecified atom stereocenters. The van der Waals surface area contributed by atoms with E-state index >= 15 is 0 Å². The van der Waals surface area contributed by atoms with Crippen molar-refractivity contribution in [3.63, 3.8) is 0 Å². The molecular formula is C16H19BrFN5O3. The topological polar surface area (TPSA) is 91.0 Å². The average Bonchev–Trinajstić information content (AvgIpc) is 2.91. The Balaban J connectivity index is 2.04. The molecule has 0 bridgehead atoms. The summed E-state index contributed by atoms with van der Waals surface area (Å²) in [6.07, 6.45) is 2.52. The lowest BCUT2D eigenvalue weighted by Gasteiger charge is -2.19. The Labute approximate surface area is 157 Å². The van der Waals surface area contributed by atoms with Crippen LogP contribution in [0.3, 0.4) is 0 Å². The summed E-state index contributed by atoms with van der Waals surface area (Å²) in [6, 6.07) is 3.39. The lowest BCUT2D eigenvalue weighted by atomic mass is 10.2. The highest BCUT2D eigenvalue weighted by atomic mass is 79.9. The number of ether oxygens (including phenoxy) is 1. The molecule has 8 nitrogen and oxygen atoms in total. The molecule has 0 saturated carbocycles. The number of carbonyl (C=O) groups excluding carboxylic acids is 1. The second-order valence-corrected chi connectivity index (χ2v) is 7.31. The molecule has 0 fully saturated rings. The van der Waals surface area contributed by atoms with Gasteiger partial charge in [0.25, 0.3) is 0 Å². The highest BCUT2D eigenvalue weighted by Gasteiger charge is 2.16. The lowest BCUT2D eigenvalue weighted by Crippen LogP contribution is -2.34. The number of hydrogen-bond donors (Lipinski definition) is 1. The molecule has 140 valence electrons. The van der Waals surface area contributed by atoms with Crippen LogP contribution in [0.25, 0.3) is 5.82 Å². The van der Waals surface area contributed by atoms with Crippen molar-refractivity contribution in [2.24, 2.45) is 0 Å². The van der Waals surface area contributed by atoms with Gasteiger partial charge in [-0.1, -0.05) is 0 Å². The molecule has 10 heteroatoms. The predicted octanol–water partition coefficient (Wildman–Crippen LogP) is 2.57. The first-order chi connectivity index (χ1) is 12.2. The number of pyridine rings is 1.